The Morgan fingerprint density at radius 2 is 1.38 bits per heavy atom. The molecule has 1 amide bonds. The highest BCUT2D eigenvalue weighted by atomic mass is 19.4. The predicted octanol–water partition coefficient (Wildman–Crippen LogP) is 3.15. The second-order valence-electron chi connectivity index (χ2n) is 5.19. The summed E-state index contributed by atoms with van der Waals surface area (Å²) in [4.78, 5) is 21.8. The van der Waals surface area contributed by atoms with Gasteiger partial charge >= 0.3 is 24.0 Å². The quantitative estimate of drug-likeness (QED) is 0.492. The van der Waals surface area contributed by atoms with Crippen LogP contribution in [-0.2, 0) is 9.53 Å². The fourth-order valence-corrected chi connectivity index (χ4v) is 1.08. The maximum absolute atomic E-state index is 14.0. The van der Waals surface area contributed by atoms with Crippen LogP contribution in [0.5, 0.6) is 0 Å². The molecule has 0 aliphatic heterocycles. The molecule has 2 unspecified atom stereocenters. The van der Waals surface area contributed by atoms with E-state index in [0.29, 0.717) is 0 Å². The van der Waals surface area contributed by atoms with Gasteiger partial charge in [0.25, 0.3) is 5.67 Å². The Bertz CT molecular complexity index is 430. The first-order valence-corrected chi connectivity index (χ1v) is 5.35. The first-order valence-electron chi connectivity index (χ1n) is 5.35. The fourth-order valence-electron chi connectivity index (χ4n) is 1.08. The number of nitrogens with zero attached hydrogens (tertiary/aromatic N) is 1. The topological polar surface area (TPSA) is 66.8 Å². The Kier molecular flexibility index (Phi) is 4.84. The van der Waals surface area contributed by atoms with Crippen molar-refractivity contribution in [3.63, 3.8) is 0 Å². The summed E-state index contributed by atoms with van der Waals surface area (Å²) >= 11 is 0. The van der Waals surface area contributed by atoms with E-state index < -0.39 is 47.3 Å². The molecule has 0 aromatic carbocycles. The Labute approximate surface area is 115 Å². The van der Waals surface area contributed by atoms with Crippen LogP contribution in [-0.4, -0.2) is 45.5 Å². The molecule has 0 aliphatic carbocycles. The molecule has 0 radical (unpaired) electrons. The van der Waals surface area contributed by atoms with E-state index in [1.807, 2.05) is 0 Å². The van der Waals surface area contributed by atoms with Crippen LogP contribution in [0.1, 0.15) is 27.7 Å². The third kappa shape index (κ3) is 3.50. The minimum atomic E-state index is -6.10. The van der Waals surface area contributed by atoms with Crippen LogP contribution in [0.3, 0.4) is 0 Å². The largest absolute Gasteiger partial charge is 0.477 e. The van der Waals surface area contributed by atoms with Gasteiger partial charge in [-0.15, -0.1) is 0 Å². The molecule has 0 saturated carbocycles. The SMILES string of the molecule is CC(C)(C)OC(=O)N(F)C(F)(C(=O)O)C(C)(F)C(F)(F)F. The number of rotatable bonds is 3. The van der Waals surface area contributed by atoms with Crippen molar-refractivity contribution in [3.05, 3.63) is 0 Å². The van der Waals surface area contributed by atoms with Crippen molar-refractivity contribution >= 4 is 12.1 Å². The third-order valence-corrected chi connectivity index (χ3v) is 2.26. The lowest BCUT2D eigenvalue weighted by atomic mass is 9.94. The van der Waals surface area contributed by atoms with Crippen molar-refractivity contribution in [2.45, 2.75) is 50.9 Å². The summed E-state index contributed by atoms with van der Waals surface area (Å²) < 4.78 is 82.5. The Balaban J connectivity index is 5.81. The van der Waals surface area contributed by atoms with Crippen LogP contribution in [0.2, 0.25) is 0 Å². The second-order valence-corrected chi connectivity index (χ2v) is 5.19. The van der Waals surface area contributed by atoms with Gasteiger partial charge in [0.05, 0.1) is 0 Å². The zero-order valence-corrected chi connectivity index (χ0v) is 11.4. The maximum Gasteiger partial charge on any atom is 0.442 e. The van der Waals surface area contributed by atoms with Gasteiger partial charge < -0.3 is 9.84 Å². The number of amides is 1. The Hall–Kier alpha value is -1.68. The van der Waals surface area contributed by atoms with E-state index in [1.165, 1.54) is 0 Å². The van der Waals surface area contributed by atoms with Crippen molar-refractivity contribution in [2.75, 3.05) is 0 Å². The van der Waals surface area contributed by atoms with Crippen LogP contribution < -0.4 is 0 Å². The first kappa shape index (κ1) is 19.3. The van der Waals surface area contributed by atoms with Gasteiger partial charge in [0.1, 0.15) is 5.60 Å². The summed E-state index contributed by atoms with van der Waals surface area (Å²) in [5, 5.41) is 6.38. The standard InChI is InChI=1S/C10H13F6NO4/c1-7(2,3)21-6(20)17(16)9(12,5(18)19)8(4,11)10(13,14)15/h1-4H3,(H,18,19). The summed E-state index contributed by atoms with van der Waals surface area (Å²) in [6.07, 6.45) is -8.52. The maximum atomic E-state index is 14.0. The number of carbonyl (C=O) groups excluding carboxylic acids is 1. The average Bonchev–Trinajstić information content (AvgIpc) is 2.22. The van der Waals surface area contributed by atoms with Gasteiger partial charge in [-0.2, -0.15) is 17.6 Å². The molecule has 0 aromatic heterocycles. The van der Waals surface area contributed by atoms with Crippen LogP contribution in [0.4, 0.5) is 31.2 Å². The molecular formula is C10H13F6NO4. The van der Waals surface area contributed by atoms with Gasteiger partial charge in [-0.1, -0.05) is 9.60 Å². The molecule has 0 rings (SSSR count). The molecule has 124 valence electrons. The lowest BCUT2D eigenvalue weighted by Gasteiger charge is -2.37. The van der Waals surface area contributed by atoms with Gasteiger partial charge in [0.15, 0.2) is 0 Å². The molecule has 11 heteroatoms. The number of halogens is 6. The normalized spacial score (nSPS) is 18.4. The van der Waals surface area contributed by atoms with E-state index in [-0.39, 0.29) is 0 Å². The molecule has 0 aromatic rings. The summed E-state index contributed by atoms with van der Waals surface area (Å²) in [5.41, 5.74) is -6.71. The lowest BCUT2D eigenvalue weighted by Crippen LogP contribution is -2.67. The smallest absolute Gasteiger partial charge is 0.442 e. The number of hydrogen-bond donors (Lipinski definition) is 1. The minimum Gasteiger partial charge on any atom is -0.477 e. The molecule has 0 bridgehead atoms. The van der Waals surface area contributed by atoms with E-state index in [9.17, 15) is 36.0 Å². The van der Waals surface area contributed by atoms with Crippen molar-refractivity contribution in [1.29, 1.82) is 0 Å². The minimum absolute atomic E-state index is 0.544. The molecule has 0 fully saturated rings. The summed E-state index contributed by atoms with van der Waals surface area (Å²) in [6.45, 7) is 2.91. The number of carboxylic acid groups (broad SMARTS) is 1. The number of carboxylic acids is 1. The van der Waals surface area contributed by atoms with E-state index in [0.717, 1.165) is 20.8 Å². The highest BCUT2D eigenvalue weighted by molar-refractivity contribution is 5.83. The predicted molar refractivity (Wildman–Crippen MR) is 56.2 cm³/mol. The monoisotopic (exact) mass is 325 g/mol. The van der Waals surface area contributed by atoms with E-state index >= 15 is 0 Å². The van der Waals surface area contributed by atoms with Gasteiger partial charge in [-0.3, -0.25) is 0 Å². The van der Waals surface area contributed by atoms with Crippen LogP contribution >= 0.6 is 0 Å². The first-order chi connectivity index (χ1) is 8.98. The highest BCUT2D eigenvalue weighted by Gasteiger charge is 2.75. The molecule has 1 N–H and O–H groups in total. The molecular weight excluding hydrogens is 312 g/mol. The zero-order chi connectivity index (χ0) is 17.4. The number of carbonyl (C=O) groups is 2. The van der Waals surface area contributed by atoms with Gasteiger partial charge in [-0.05, 0) is 27.7 Å². The van der Waals surface area contributed by atoms with Crippen molar-refractivity contribution in [1.82, 2.24) is 5.12 Å². The summed E-state index contributed by atoms with van der Waals surface area (Å²) in [5.74, 6) is -8.54. The summed E-state index contributed by atoms with van der Waals surface area (Å²) in [6, 6.07) is 0. The number of aliphatic carboxylic acids is 1. The van der Waals surface area contributed by atoms with E-state index in [2.05, 4.69) is 4.74 Å². The molecule has 2 atom stereocenters. The number of alkyl halides is 5. The van der Waals surface area contributed by atoms with Crippen molar-refractivity contribution in [3.8, 4) is 0 Å². The average molecular weight is 325 g/mol. The van der Waals surface area contributed by atoms with Crippen molar-refractivity contribution in [2.24, 2.45) is 0 Å². The number of ether oxygens (including phenoxy) is 1. The third-order valence-electron chi connectivity index (χ3n) is 2.26. The highest BCUT2D eigenvalue weighted by Crippen LogP contribution is 2.46. The molecule has 0 heterocycles. The Morgan fingerprint density at radius 1 is 1.00 bits per heavy atom. The molecule has 0 spiro atoms. The fraction of sp³-hybridized carbons (Fsp3) is 0.800. The lowest BCUT2D eigenvalue weighted by molar-refractivity contribution is -0.308. The van der Waals surface area contributed by atoms with E-state index in [4.69, 9.17) is 5.11 Å². The molecule has 0 aliphatic rings. The molecule has 21 heavy (non-hydrogen) atoms. The van der Waals surface area contributed by atoms with Crippen LogP contribution in [0.15, 0.2) is 0 Å². The second kappa shape index (κ2) is 5.26. The zero-order valence-electron chi connectivity index (χ0n) is 11.4. The number of hydrogen-bond acceptors (Lipinski definition) is 3. The van der Waals surface area contributed by atoms with Gasteiger partial charge in [-0.25, -0.2) is 14.0 Å². The van der Waals surface area contributed by atoms with Crippen molar-refractivity contribution < 1.29 is 45.9 Å². The van der Waals surface area contributed by atoms with E-state index in [1.54, 1.807) is 0 Å². The van der Waals surface area contributed by atoms with Crippen LogP contribution in [0, 0.1) is 0 Å². The molecule has 0 saturated heterocycles. The van der Waals surface area contributed by atoms with Gasteiger partial charge in [0.2, 0.25) is 0 Å². The van der Waals surface area contributed by atoms with Gasteiger partial charge in [0, 0.05) is 0 Å². The van der Waals surface area contributed by atoms with Crippen LogP contribution in [0.25, 0.3) is 0 Å². The summed E-state index contributed by atoms with van der Waals surface area (Å²) in [7, 11) is 0. The Morgan fingerprint density at radius 3 is 1.62 bits per heavy atom. The molecule has 5 nitrogen and oxygen atoms in total.